The van der Waals surface area contributed by atoms with Gasteiger partial charge in [0.2, 0.25) is 0 Å². The molecule has 2 aromatic carbocycles. The minimum Gasteiger partial charge on any atom is -0.487 e. The van der Waals surface area contributed by atoms with Gasteiger partial charge < -0.3 is 4.74 Å². The fourth-order valence-corrected chi connectivity index (χ4v) is 3.32. The zero-order valence-corrected chi connectivity index (χ0v) is 14.5. The van der Waals surface area contributed by atoms with Crippen molar-refractivity contribution in [2.75, 3.05) is 0 Å². The van der Waals surface area contributed by atoms with Crippen LogP contribution in [0.1, 0.15) is 21.6 Å². The number of hydrogen-bond donors (Lipinski definition) is 0. The van der Waals surface area contributed by atoms with Gasteiger partial charge in [0.25, 0.3) is 5.56 Å². The van der Waals surface area contributed by atoms with Gasteiger partial charge in [-0.05, 0) is 24.3 Å². The molecule has 128 valence electrons. The van der Waals surface area contributed by atoms with E-state index in [0.717, 1.165) is 0 Å². The lowest BCUT2D eigenvalue weighted by Gasteiger charge is -2.07. The number of rotatable bonds is 5. The van der Waals surface area contributed by atoms with Crippen LogP contribution in [-0.4, -0.2) is 15.2 Å². The number of aromatic nitrogens is 2. The van der Waals surface area contributed by atoms with Crippen LogP contribution in [0.2, 0.25) is 0 Å². The fourth-order valence-electron chi connectivity index (χ4n) is 2.58. The smallest absolute Gasteiger partial charge is 0.258 e. The number of nitrogens with zero attached hydrogens (tertiary/aromatic N) is 2. The molecule has 0 aliphatic heterocycles. The molecule has 0 aliphatic rings. The Kier molecular flexibility index (Phi) is 4.33. The van der Waals surface area contributed by atoms with Crippen molar-refractivity contribution in [1.82, 2.24) is 9.38 Å². The van der Waals surface area contributed by atoms with Crippen LogP contribution in [0.25, 0.3) is 4.96 Å². The molecule has 0 atom stereocenters. The van der Waals surface area contributed by atoms with Gasteiger partial charge in [-0.25, -0.2) is 4.98 Å². The third-order valence-corrected chi connectivity index (χ3v) is 4.65. The molecule has 0 saturated heterocycles. The molecule has 0 radical (unpaired) electrons. The molecule has 4 rings (SSSR count). The number of fused-ring (bicyclic) bond motifs is 1. The fraction of sp³-hybridized carbons (Fsp3) is 0.0500. The highest BCUT2D eigenvalue weighted by Crippen LogP contribution is 2.17. The lowest BCUT2D eigenvalue weighted by Crippen LogP contribution is -2.14. The average Bonchev–Trinajstić information content (AvgIpc) is 3.16. The van der Waals surface area contributed by atoms with Crippen LogP contribution >= 0.6 is 11.3 Å². The van der Waals surface area contributed by atoms with E-state index in [0.29, 0.717) is 27.5 Å². The second-order valence-corrected chi connectivity index (χ2v) is 6.52. The number of thiazole rings is 1. The van der Waals surface area contributed by atoms with E-state index < -0.39 is 0 Å². The van der Waals surface area contributed by atoms with Gasteiger partial charge in [0.1, 0.15) is 12.4 Å². The van der Waals surface area contributed by atoms with E-state index >= 15 is 0 Å². The standard InChI is InChI=1S/C20H14N2O3S/c23-18-12-16(21-20-22(18)10-11-26-20)13-25-17-8-6-15(7-9-17)19(24)14-4-2-1-3-5-14/h1-12H,13H2. The molecule has 0 fully saturated rings. The summed E-state index contributed by atoms with van der Waals surface area (Å²) < 4.78 is 7.19. The third-order valence-electron chi connectivity index (χ3n) is 3.90. The number of ether oxygens (including phenoxy) is 1. The van der Waals surface area contributed by atoms with Crippen molar-refractivity contribution >= 4 is 22.1 Å². The summed E-state index contributed by atoms with van der Waals surface area (Å²) in [6.45, 7) is 0.190. The van der Waals surface area contributed by atoms with Crippen molar-refractivity contribution in [3.8, 4) is 5.75 Å². The molecule has 0 saturated carbocycles. The lowest BCUT2D eigenvalue weighted by atomic mass is 10.0. The first kappa shape index (κ1) is 16.2. The summed E-state index contributed by atoms with van der Waals surface area (Å²) in [5.41, 5.74) is 1.69. The first-order valence-corrected chi connectivity index (χ1v) is 8.87. The maximum atomic E-state index is 12.4. The van der Waals surface area contributed by atoms with Gasteiger partial charge in [0.05, 0.1) is 5.69 Å². The lowest BCUT2D eigenvalue weighted by molar-refractivity contribution is 0.103. The van der Waals surface area contributed by atoms with Crippen LogP contribution in [-0.2, 0) is 6.61 Å². The Hall–Kier alpha value is -3.25. The first-order chi connectivity index (χ1) is 12.7. The molecule has 0 N–H and O–H groups in total. The van der Waals surface area contributed by atoms with Gasteiger partial charge in [-0.2, -0.15) is 0 Å². The summed E-state index contributed by atoms with van der Waals surface area (Å²) in [5.74, 6) is 0.581. The van der Waals surface area contributed by atoms with Crippen LogP contribution in [0.5, 0.6) is 5.75 Å². The van der Waals surface area contributed by atoms with Crippen molar-refractivity contribution in [3.63, 3.8) is 0 Å². The molecule has 4 aromatic rings. The first-order valence-electron chi connectivity index (χ1n) is 7.99. The molecular formula is C20H14N2O3S. The van der Waals surface area contributed by atoms with Gasteiger partial charge in [-0.1, -0.05) is 30.3 Å². The Morgan fingerprint density at radius 2 is 1.77 bits per heavy atom. The zero-order valence-electron chi connectivity index (χ0n) is 13.7. The zero-order chi connectivity index (χ0) is 17.9. The molecule has 0 spiro atoms. The number of carbonyl (C=O) groups excluding carboxylic acids is 1. The van der Waals surface area contributed by atoms with E-state index in [2.05, 4.69) is 4.98 Å². The maximum Gasteiger partial charge on any atom is 0.258 e. The number of ketones is 1. The molecule has 26 heavy (non-hydrogen) atoms. The Labute approximate surface area is 153 Å². The molecular weight excluding hydrogens is 348 g/mol. The molecule has 0 aliphatic carbocycles. The number of benzene rings is 2. The summed E-state index contributed by atoms with van der Waals surface area (Å²) in [5, 5.41) is 1.82. The summed E-state index contributed by atoms with van der Waals surface area (Å²) in [7, 11) is 0. The van der Waals surface area contributed by atoms with Crippen LogP contribution in [0, 0.1) is 0 Å². The monoisotopic (exact) mass is 362 g/mol. The number of carbonyl (C=O) groups is 1. The largest absolute Gasteiger partial charge is 0.487 e. The highest BCUT2D eigenvalue weighted by Gasteiger charge is 2.09. The van der Waals surface area contributed by atoms with E-state index in [1.54, 1.807) is 42.6 Å². The highest BCUT2D eigenvalue weighted by atomic mass is 32.1. The topological polar surface area (TPSA) is 60.7 Å². The second kappa shape index (κ2) is 6.93. The van der Waals surface area contributed by atoms with E-state index in [-0.39, 0.29) is 17.9 Å². The maximum absolute atomic E-state index is 12.4. The molecule has 5 nitrogen and oxygen atoms in total. The normalized spacial score (nSPS) is 10.8. The predicted octanol–water partition coefficient (Wildman–Crippen LogP) is 3.57. The van der Waals surface area contributed by atoms with Crippen LogP contribution in [0.15, 0.2) is 77.0 Å². The van der Waals surface area contributed by atoms with Crippen LogP contribution in [0.4, 0.5) is 0 Å². The quantitative estimate of drug-likeness (QED) is 0.509. The third kappa shape index (κ3) is 3.27. The molecule has 2 aromatic heterocycles. The van der Waals surface area contributed by atoms with Gasteiger partial charge in [-0.3, -0.25) is 14.0 Å². The molecule has 0 unspecified atom stereocenters. The van der Waals surface area contributed by atoms with Crippen LogP contribution in [0.3, 0.4) is 0 Å². The Morgan fingerprint density at radius 1 is 1.04 bits per heavy atom. The van der Waals surface area contributed by atoms with Crippen LogP contribution < -0.4 is 10.3 Å². The molecule has 0 bridgehead atoms. The van der Waals surface area contributed by atoms with Gasteiger partial charge in [-0.15, -0.1) is 11.3 Å². The summed E-state index contributed by atoms with van der Waals surface area (Å²) in [6, 6.07) is 17.5. The summed E-state index contributed by atoms with van der Waals surface area (Å²) in [6.07, 6.45) is 1.70. The second-order valence-electron chi connectivity index (χ2n) is 5.65. The van der Waals surface area contributed by atoms with E-state index in [9.17, 15) is 9.59 Å². The van der Waals surface area contributed by atoms with Gasteiger partial charge in [0.15, 0.2) is 10.7 Å². The number of hydrogen-bond acceptors (Lipinski definition) is 5. The summed E-state index contributed by atoms with van der Waals surface area (Å²) >= 11 is 1.40. The van der Waals surface area contributed by atoms with E-state index in [1.165, 1.54) is 21.8 Å². The SMILES string of the molecule is O=C(c1ccccc1)c1ccc(OCc2cc(=O)n3ccsc3n2)cc1. The van der Waals surface area contributed by atoms with Crippen molar-refractivity contribution in [2.45, 2.75) is 6.61 Å². The molecule has 0 amide bonds. The Morgan fingerprint density at radius 3 is 2.54 bits per heavy atom. The van der Waals surface area contributed by atoms with Crippen molar-refractivity contribution in [1.29, 1.82) is 0 Å². The van der Waals surface area contributed by atoms with Gasteiger partial charge >= 0.3 is 0 Å². The minimum absolute atomic E-state index is 0.0324. The van der Waals surface area contributed by atoms with E-state index in [1.807, 2.05) is 23.6 Å². The van der Waals surface area contributed by atoms with Gasteiger partial charge in [0, 0.05) is 28.8 Å². The minimum atomic E-state index is -0.126. The van der Waals surface area contributed by atoms with E-state index in [4.69, 9.17) is 4.74 Å². The Balaban J connectivity index is 1.47. The summed E-state index contributed by atoms with van der Waals surface area (Å²) in [4.78, 5) is 29.4. The molecule has 2 heterocycles. The predicted molar refractivity (Wildman–Crippen MR) is 100.0 cm³/mol. The van der Waals surface area contributed by atoms with Crippen molar-refractivity contribution < 1.29 is 9.53 Å². The average molecular weight is 362 g/mol. The Bertz CT molecular complexity index is 1120. The van der Waals surface area contributed by atoms with Crippen molar-refractivity contribution in [2.24, 2.45) is 0 Å². The highest BCUT2D eigenvalue weighted by molar-refractivity contribution is 7.15. The molecule has 6 heteroatoms. The van der Waals surface area contributed by atoms with Crippen molar-refractivity contribution in [3.05, 3.63) is 99.4 Å².